The summed E-state index contributed by atoms with van der Waals surface area (Å²) in [5, 5.41) is 0. The zero-order valence-electron chi connectivity index (χ0n) is 10.9. The van der Waals surface area contributed by atoms with Gasteiger partial charge < -0.3 is 5.73 Å². The van der Waals surface area contributed by atoms with Gasteiger partial charge in [-0.15, -0.1) is 0 Å². The molecule has 0 unspecified atom stereocenters. The Morgan fingerprint density at radius 2 is 1.90 bits per heavy atom. The topological polar surface area (TPSA) is 118 Å². The minimum atomic E-state index is -3.90. The molecule has 20 heavy (non-hydrogen) atoms. The molecule has 0 amide bonds. The highest BCUT2D eigenvalue weighted by molar-refractivity contribution is 7.92. The van der Waals surface area contributed by atoms with Crippen molar-refractivity contribution in [3.63, 3.8) is 0 Å². The molecular weight excluding hydrogens is 309 g/mol. The maximum absolute atomic E-state index is 13.7. The molecule has 0 saturated heterocycles. The van der Waals surface area contributed by atoms with Crippen molar-refractivity contribution < 1.29 is 21.2 Å². The summed E-state index contributed by atoms with van der Waals surface area (Å²) in [6.07, 6.45) is 0.863. The highest BCUT2D eigenvalue weighted by Crippen LogP contribution is 2.19. The lowest BCUT2D eigenvalue weighted by Crippen LogP contribution is -2.37. The molecule has 1 aromatic carbocycles. The molecule has 0 aliphatic rings. The predicted octanol–water partition coefficient (Wildman–Crippen LogP) is -0.177. The summed E-state index contributed by atoms with van der Waals surface area (Å²) < 4.78 is 63.6. The Hall–Kier alpha value is -1.23. The molecule has 0 radical (unpaired) electrons. The van der Waals surface area contributed by atoms with Crippen LogP contribution in [0.1, 0.15) is 6.92 Å². The third-order valence-corrected chi connectivity index (χ3v) is 4.43. The Morgan fingerprint density at radius 3 is 2.35 bits per heavy atom. The molecule has 114 valence electrons. The molecule has 0 bridgehead atoms. The molecule has 0 aliphatic carbocycles. The molecule has 4 N–H and O–H groups in total. The van der Waals surface area contributed by atoms with Crippen molar-refractivity contribution in [1.82, 2.24) is 4.72 Å². The molecule has 0 aliphatic heterocycles. The zero-order valence-corrected chi connectivity index (χ0v) is 12.6. The van der Waals surface area contributed by atoms with Crippen LogP contribution in [0.3, 0.4) is 0 Å². The molecule has 1 atom stereocenters. The van der Waals surface area contributed by atoms with Crippen molar-refractivity contribution in [3.05, 3.63) is 24.0 Å². The van der Waals surface area contributed by atoms with Crippen LogP contribution in [0, 0.1) is 5.82 Å². The first-order valence-electron chi connectivity index (χ1n) is 5.55. The fourth-order valence-electron chi connectivity index (χ4n) is 1.33. The van der Waals surface area contributed by atoms with Gasteiger partial charge in [0.15, 0.2) is 0 Å². The van der Waals surface area contributed by atoms with Gasteiger partial charge in [0.1, 0.15) is 5.82 Å². The molecule has 0 spiro atoms. The van der Waals surface area contributed by atoms with E-state index in [0.717, 1.165) is 24.5 Å². The monoisotopic (exact) mass is 325 g/mol. The average molecular weight is 325 g/mol. The van der Waals surface area contributed by atoms with Crippen LogP contribution in [0.25, 0.3) is 0 Å². The van der Waals surface area contributed by atoms with Gasteiger partial charge in [-0.1, -0.05) is 0 Å². The van der Waals surface area contributed by atoms with Gasteiger partial charge in [0.2, 0.25) is 20.0 Å². The van der Waals surface area contributed by atoms with Crippen LogP contribution < -0.4 is 15.2 Å². The van der Waals surface area contributed by atoms with Gasteiger partial charge in [-0.25, -0.2) is 25.9 Å². The number of nitrogens with one attached hydrogen (secondary N) is 2. The molecule has 0 aromatic heterocycles. The molecule has 1 rings (SSSR count). The van der Waals surface area contributed by atoms with Gasteiger partial charge in [0.25, 0.3) is 0 Å². The average Bonchev–Trinajstić information content (AvgIpc) is 2.29. The van der Waals surface area contributed by atoms with Gasteiger partial charge in [-0.2, -0.15) is 0 Å². The van der Waals surface area contributed by atoms with Crippen LogP contribution in [0.15, 0.2) is 23.1 Å². The van der Waals surface area contributed by atoms with E-state index >= 15 is 0 Å². The van der Waals surface area contributed by atoms with E-state index in [0.29, 0.717) is 0 Å². The van der Waals surface area contributed by atoms with E-state index < -0.39 is 31.9 Å². The summed E-state index contributed by atoms with van der Waals surface area (Å²) in [6.45, 7) is 1.66. The first-order valence-corrected chi connectivity index (χ1v) is 8.92. The van der Waals surface area contributed by atoms with E-state index in [2.05, 4.69) is 4.72 Å². The maximum Gasteiger partial charge on any atom is 0.240 e. The Labute approximate surface area is 117 Å². The van der Waals surface area contributed by atoms with Crippen LogP contribution >= 0.6 is 0 Å². The van der Waals surface area contributed by atoms with Crippen LogP contribution in [0.2, 0.25) is 0 Å². The second-order valence-corrected chi connectivity index (χ2v) is 7.74. The number of hydrogen-bond acceptors (Lipinski definition) is 5. The molecule has 10 heteroatoms. The van der Waals surface area contributed by atoms with Crippen molar-refractivity contribution in [3.8, 4) is 0 Å². The molecule has 1 aromatic rings. The molecular formula is C10H16FN3O4S2. The van der Waals surface area contributed by atoms with Gasteiger partial charge in [-0.05, 0) is 25.1 Å². The van der Waals surface area contributed by atoms with Crippen molar-refractivity contribution in [2.75, 3.05) is 17.5 Å². The van der Waals surface area contributed by atoms with Gasteiger partial charge in [-0.3, -0.25) is 4.72 Å². The number of nitrogens with two attached hydrogens (primary N) is 1. The van der Waals surface area contributed by atoms with Crippen LogP contribution in [0.4, 0.5) is 10.1 Å². The van der Waals surface area contributed by atoms with E-state index in [1.54, 1.807) is 6.92 Å². The largest absolute Gasteiger partial charge is 0.329 e. The number of anilines is 1. The van der Waals surface area contributed by atoms with E-state index in [1.165, 1.54) is 0 Å². The van der Waals surface area contributed by atoms with Crippen molar-refractivity contribution >= 4 is 25.7 Å². The quantitative estimate of drug-likeness (QED) is 0.670. The number of hydrogen-bond donors (Lipinski definition) is 3. The van der Waals surface area contributed by atoms with Crippen LogP contribution in [0.5, 0.6) is 0 Å². The Morgan fingerprint density at radius 1 is 1.30 bits per heavy atom. The van der Waals surface area contributed by atoms with Crippen molar-refractivity contribution in [2.45, 2.75) is 17.9 Å². The summed E-state index contributed by atoms with van der Waals surface area (Å²) in [6, 6.07) is 2.37. The van der Waals surface area contributed by atoms with Gasteiger partial charge >= 0.3 is 0 Å². The number of benzene rings is 1. The summed E-state index contributed by atoms with van der Waals surface area (Å²) >= 11 is 0. The van der Waals surface area contributed by atoms with Crippen molar-refractivity contribution in [2.24, 2.45) is 5.73 Å². The summed E-state index contributed by atoms with van der Waals surface area (Å²) in [7, 11) is -7.54. The Bertz CT molecular complexity index is 688. The minimum absolute atomic E-state index is 0.0927. The lowest BCUT2D eigenvalue weighted by molar-refractivity contribution is 0.560. The Balaban J connectivity index is 3.09. The SMILES string of the molecule is C[C@@H](CN)NS(=O)(=O)c1ccc(NS(C)(=O)=O)c(F)c1. The number of halogens is 1. The zero-order chi connectivity index (χ0) is 15.6. The van der Waals surface area contributed by atoms with E-state index in [9.17, 15) is 21.2 Å². The van der Waals surface area contributed by atoms with Crippen molar-refractivity contribution in [1.29, 1.82) is 0 Å². The fraction of sp³-hybridized carbons (Fsp3) is 0.400. The maximum atomic E-state index is 13.7. The lowest BCUT2D eigenvalue weighted by Gasteiger charge is -2.13. The second kappa shape index (κ2) is 6.04. The molecule has 0 heterocycles. The minimum Gasteiger partial charge on any atom is -0.329 e. The smallest absolute Gasteiger partial charge is 0.240 e. The fourth-order valence-corrected chi connectivity index (χ4v) is 3.16. The molecule has 0 fully saturated rings. The van der Waals surface area contributed by atoms with Crippen LogP contribution in [-0.2, 0) is 20.0 Å². The number of rotatable bonds is 6. The molecule has 0 saturated carbocycles. The summed E-state index contributed by atoms with van der Waals surface area (Å²) in [4.78, 5) is -0.311. The van der Waals surface area contributed by atoms with E-state index in [1.807, 2.05) is 4.72 Å². The first-order chi connectivity index (χ1) is 9.05. The predicted molar refractivity (Wildman–Crippen MR) is 73.7 cm³/mol. The third-order valence-electron chi connectivity index (χ3n) is 2.26. The summed E-state index contributed by atoms with van der Waals surface area (Å²) in [5.41, 5.74) is 4.98. The highest BCUT2D eigenvalue weighted by Gasteiger charge is 2.19. The highest BCUT2D eigenvalue weighted by atomic mass is 32.2. The lowest BCUT2D eigenvalue weighted by atomic mass is 10.3. The van der Waals surface area contributed by atoms with E-state index in [-0.39, 0.29) is 17.1 Å². The van der Waals surface area contributed by atoms with Gasteiger partial charge in [0.05, 0.1) is 16.8 Å². The third kappa shape index (κ3) is 4.71. The molecule has 7 nitrogen and oxygen atoms in total. The second-order valence-electron chi connectivity index (χ2n) is 4.27. The Kier molecular flexibility index (Phi) is 5.08. The summed E-state index contributed by atoms with van der Waals surface area (Å²) in [5.74, 6) is -0.987. The van der Waals surface area contributed by atoms with Gasteiger partial charge in [0, 0.05) is 12.6 Å². The van der Waals surface area contributed by atoms with Crippen LogP contribution in [-0.4, -0.2) is 35.7 Å². The normalized spacial score (nSPS) is 14.0. The van der Waals surface area contributed by atoms with E-state index in [4.69, 9.17) is 5.73 Å². The number of sulfonamides is 2. The standard InChI is InChI=1S/C10H16FN3O4S2/c1-7(6-12)13-20(17,18)8-3-4-10(9(11)5-8)14-19(2,15)16/h3-5,7,13-14H,6,12H2,1-2H3/t7-/m0/s1. The first kappa shape index (κ1) is 16.8.